The fraction of sp³-hybridized carbons (Fsp3) is 0.625. The van der Waals surface area contributed by atoms with E-state index in [0.29, 0.717) is 0 Å². The summed E-state index contributed by atoms with van der Waals surface area (Å²) in [6, 6.07) is 6.07. The van der Waals surface area contributed by atoms with Crippen molar-refractivity contribution in [1.82, 2.24) is 4.90 Å². The maximum absolute atomic E-state index is 5.86. The molecule has 3 nitrogen and oxygen atoms in total. The maximum atomic E-state index is 5.86. The Kier molecular flexibility index (Phi) is 5.52. The van der Waals surface area contributed by atoms with E-state index in [1.807, 2.05) is 12.1 Å². The van der Waals surface area contributed by atoms with E-state index < -0.39 is 0 Å². The van der Waals surface area contributed by atoms with Crippen LogP contribution in [0.2, 0.25) is 0 Å². The van der Waals surface area contributed by atoms with Crippen LogP contribution < -0.4 is 9.47 Å². The van der Waals surface area contributed by atoms with Crippen LogP contribution in [0.25, 0.3) is 0 Å². The van der Waals surface area contributed by atoms with Crippen LogP contribution in [0.1, 0.15) is 31.2 Å². The summed E-state index contributed by atoms with van der Waals surface area (Å²) < 4.78 is 11.2. The fourth-order valence-electron chi connectivity index (χ4n) is 2.54. The number of aryl methyl sites for hydroxylation is 1. The fourth-order valence-corrected chi connectivity index (χ4v) is 2.54. The molecule has 2 rings (SSSR count). The van der Waals surface area contributed by atoms with E-state index in [9.17, 15) is 0 Å². The highest BCUT2D eigenvalue weighted by atomic mass is 16.5. The molecule has 1 aliphatic rings. The summed E-state index contributed by atoms with van der Waals surface area (Å²) in [4.78, 5) is 2.51. The van der Waals surface area contributed by atoms with Gasteiger partial charge in [0.05, 0.1) is 7.11 Å². The second kappa shape index (κ2) is 7.39. The minimum atomic E-state index is 0.736. The van der Waals surface area contributed by atoms with Crippen molar-refractivity contribution in [3.8, 4) is 11.5 Å². The first-order valence-electron chi connectivity index (χ1n) is 7.29. The molecule has 1 heterocycles. The van der Waals surface area contributed by atoms with E-state index in [0.717, 1.165) is 24.7 Å². The molecule has 1 aliphatic heterocycles. The number of likely N-dealkylation sites (tertiary alicyclic amines) is 1. The van der Waals surface area contributed by atoms with Crippen LogP contribution in [0.15, 0.2) is 18.2 Å². The molecule has 106 valence electrons. The third kappa shape index (κ3) is 4.43. The smallest absolute Gasteiger partial charge is 0.161 e. The van der Waals surface area contributed by atoms with Crippen molar-refractivity contribution in [3.05, 3.63) is 23.8 Å². The number of nitrogens with zero attached hydrogens (tertiary/aromatic N) is 1. The number of rotatable bonds is 5. The van der Waals surface area contributed by atoms with E-state index in [-0.39, 0.29) is 0 Å². The van der Waals surface area contributed by atoms with Gasteiger partial charge in [0, 0.05) is 6.54 Å². The Morgan fingerprint density at radius 1 is 1.05 bits per heavy atom. The molecule has 0 aromatic heterocycles. The zero-order valence-corrected chi connectivity index (χ0v) is 12.2. The zero-order chi connectivity index (χ0) is 13.5. The van der Waals surface area contributed by atoms with Crippen LogP contribution in [0.4, 0.5) is 0 Å². The largest absolute Gasteiger partial charge is 0.493 e. The molecule has 0 radical (unpaired) electrons. The van der Waals surface area contributed by atoms with Crippen LogP contribution >= 0.6 is 0 Å². The summed E-state index contributed by atoms with van der Waals surface area (Å²) in [6.45, 7) is 6.24. The van der Waals surface area contributed by atoms with E-state index >= 15 is 0 Å². The van der Waals surface area contributed by atoms with Gasteiger partial charge in [-0.15, -0.1) is 0 Å². The molecule has 1 saturated heterocycles. The molecule has 0 aliphatic carbocycles. The summed E-state index contributed by atoms with van der Waals surface area (Å²) in [5, 5.41) is 0. The monoisotopic (exact) mass is 263 g/mol. The normalized spacial score (nSPS) is 16.9. The van der Waals surface area contributed by atoms with Crippen molar-refractivity contribution in [2.75, 3.05) is 33.4 Å². The molecular weight excluding hydrogens is 238 g/mol. The van der Waals surface area contributed by atoms with Crippen molar-refractivity contribution in [1.29, 1.82) is 0 Å². The second-order valence-electron chi connectivity index (χ2n) is 5.26. The molecular formula is C16H25NO2. The first-order chi connectivity index (χ1) is 9.29. The van der Waals surface area contributed by atoms with Crippen LogP contribution in [-0.2, 0) is 0 Å². The Morgan fingerprint density at radius 2 is 1.79 bits per heavy atom. The average molecular weight is 263 g/mol. The maximum Gasteiger partial charge on any atom is 0.161 e. The standard InChI is InChI=1S/C16H25NO2/c1-14-7-8-15(16(13-14)18-2)19-12-11-17-9-5-3-4-6-10-17/h7-8,13H,3-6,9-12H2,1-2H3. The van der Waals surface area contributed by atoms with E-state index in [1.165, 1.54) is 44.3 Å². The van der Waals surface area contributed by atoms with Crippen LogP contribution in [-0.4, -0.2) is 38.3 Å². The summed E-state index contributed by atoms with van der Waals surface area (Å²) in [7, 11) is 1.69. The molecule has 19 heavy (non-hydrogen) atoms. The number of ether oxygens (including phenoxy) is 2. The number of methoxy groups -OCH3 is 1. The molecule has 0 bridgehead atoms. The van der Waals surface area contributed by atoms with Crippen LogP contribution in [0.5, 0.6) is 11.5 Å². The van der Waals surface area contributed by atoms with Crippen LogP contribution in [0, 0.1) is 6.92 Å². The molecule has 0 amide bonds. The first kappa shape index (κ1) is 14.2. The summed E-state index contributed by atoms with van der Waals surface area (Å²) in [5.41, 5.74) is 1.19. The molecule has 0 N–H and O–H groups in total. The van der Waals surface area contributed by atoms with Crippen molar-refractivity contribution >= 4 is 0 Å². The summed E-state index contributed by atoms with van der Waals surface area (Å²) in [6.07, 6.45) is 5.41. The molecule has 0 spiro atoms. The van der Waals surface area contributed by atoms with Gasteiger partial charge in [0.25, 0.3) is 0 Å². The SMILES string of the molecule is COc1cc(C)ccc1OCCN1CCCCCC1. The molecule has 0 saturated carbocycles. The minimum absolute atomic E-state index is 0.736. The summed E-state index contributed by atoms with van der Waals surface area (Å²) >= 11 is 0. The van der Waals surface area contributed by atoms with Gasteiger partial charge in [0.15, 0.2) is 11.5 Å². The van der Waals surface area contributed by atoms with Gasteiger partial charge in [-0.25, -0.2) is 0 Å². The molecule has 1 fully saturated rings. The Hall–Kier alpha value is -1.22. The highest BCUT2D eigenvalue weighted by Crippen LogP contribution is 2.27. The van der Waals surface area contributed by atoms with Crippen molar-refractivity contribution < 1.29 is 9.47 Å². The predicted molar refractivity (Wildman–Crippen MR) is 78.1 cm³/mol. The average Bonchev–Trinajstić information content (AvgIpc) is 2.69. The molecule has 0 atom stereocenters. The topological polar surface area (TPSA) is 21.7 Å². The van der Waals surface area contributed by atoms with Gasteiger partial charge in [-0.1, -0.05) is 18.9 Å². The van der Waals surface area contributed by atoms with Gasteiger partial charge in [0.2, 0.25) is 0 Å². The molecule has 1 aromatic rings. The Labute approximate surface area is 116 Å². The van der Waals surface area contributed by atoms with Crippen LogP contribution in [0.3, 0.4) is 0 Å². The lowest BCUT2D eigenvalue weighted by Gasteiger charge is -2.20. The predicted octanol–water partition coefficient (Wildman–Crippen LogP) is 3.26. The third-order valence-electron chi connectivity index (χ3n) is 3.68. The van der Waals surface area contributed by atoms with Crippen molar-refractivity contribution in [2.45, 2.75) is 32.6 Å². The van der Waals surface area contributed by atoms with Crippen molar-refractivity contribution in [3.63, 3.8) is 0 Å². The summed E-state index contributed by atoms with van der Waals surface area (Å²) in [5.74, 6) is 1.68. The number of benzene rings is 1. The number of hydrogen-bond acceptors (Lipinski definition) is 3. The highest BCUT2D eigenvalue weighted by molar-refractivity contribution is 5.42. The molecule has 3 heteroatoms. The lowest BCUT2D eigenvalue weighted by Crippen LogP contribution is -2.29. The van der Waals surface area contributed by atoms with Gasteiger partial charge < -0.3 is 9.47 Å². The van der Waals surface area contributed by atoms with Gasteiger partial charge in [-0.2, -0.15) is 0 Å². The second-order valence-corrected chi connectivity index (χ2v) is 5.26. The van der Waals surface area contributed by atoms with E-state index in [1.54, 1.807) is 7.11 Å². The van der Waals surface area contributed by atoms with Gasteiger partial charge >= 0.3 is 0 Å². The third-order valence-corrected chi connectivity index (χ3v) is 3.68. The van der Waals surface area contributed by atoms with E-state index in [2.05, 4.69) is 17.9 Å². The van der Waals surface area contributed by atoms with Gasteiger partial charge in [0.1, 0.15) is 6.61 Å². The Bertz CT molecular complexity index is 384. The molecule has 0 unspecified atom stereocenters. The first-order valence-corrected chi connectivity index (χ1v) is 7.29. The number of hydrogen-bond donors (Lipinski definition) is 0. The Morgan fingerprint density at radius 3 is 2.47 bits per heavy atom. The van der Waals surface area contributed by atoms with E-state index in [4.69, 9.17) is 9.47 Å². The minimum Gasteiger partial charge on any atom is -0.493 e. The lowest BCUT2D eigenvalue weighted by atomic mass is 10.2. The van der Waals surface area contributed by atoms with Crippen molar-refractivity contribution in [2.24, 2.45) is 0 Å². The quantitative estimate of drug-likeness (QED) is 0.814. The van der Waals surface area contributed by atoms with Gasteiger partial charge in [-0.05, 0) is 50.6 Å². The zero-order valence-electron chi connectivity index (χ0n) is 12.2. The lowest BCUT2D eigenvalue weighted by molar-refractivity contribution is 0.209. The van der Waals surface area contributed by atoms with Gasteiger partial charge in [-0.3, -0.25) is 4.90 Å². The highest BCUT2D eigenvalue weighted by Gasteiger charge is 2.09. The molecule has 1 aromatic carbocycles. The Balaban J connectivity index is 1.81.